The predicted molar refractivity (Wildman–Crippen MR) is 98.5 cm³/mol. The fourth-order valence-electron chi connectivity index (χ4n) is 2.44. The van der Waals surface area contributed by atoms with E-state index in [-0.39, 0.29) is 5.54 Å². The van der Waals surface area contributed by atoms with Crippen LogP contribution in [0.15, 0.2) is 45.9 Å². The van der Waals surface area contributed by atoms with Crippen LogP contribution in [0.1, 0.15) is 26.7 Å². The van der Waals surface area contributed by atoms with Crippen LogP contribution in [0.2, 0.25) is 0 Å². The topological polar surface area (TPSA) is 24.4 Å². The van der Waals surface area contributed by atoms with Gasteiger partial charge in [-0.15, -0.1) is 0 Å². The minimum Gasteiger partial charge on any atom is -0.335 e. The number of rotatable bonds is 2. The maximum atomic E-state index is 4.88. The van der Waals surface area contributed by atoms with Crippen molar-refractivity contribution in [3.8, 4) is 0 Å². The Morgan fingerprint density at radius 1 is 1.24 bits per heavy atom. The summed E-state index contributed by atoms with van der Waals surface area (Å²) >= 11 is 5.33. The Hall–Kier alpha value is -1.00. The van der Waals surface area contributed by atoms with Crippen LogP contribution in [0.5, 0.6) is 0 Å². The number of halogens is 1. The SMILES string of the molecule is CCC1(C)CCSC(Nc2ccc3cc(Br)ccc3c2)=N1. The molecule has 110 valence electrons. The highest BCUT2D eigenvalue weighted by atomic mass is 79.9. The summed E-state index contributed by atoms with van der Waals surface area (Å²) in [5.41, 5.74) is 1.20. The summed E-state index contributed by atoms with van der Waals surface area (Å²) < 4.78 is 1.11. The van der Waals surface area contributed by atoms with Gasteiger partial charge in [0.2, 0.25) is 0 Å². The fourth-order valence-corrected chi connectivity index (χ4v) is 4.03. The smallest absolute Gasteiger partial charge is 0.161 e. The first kappa shape index (κ1) is 14.9. The second-order valence-corrected chi connectivity index (χ2v) is 7.70. The van der Waals surface area contributed by atoms with Gasteiger partial charge in [0.05, 0.1) is 5.54 Å². The molecule has 0 bridgehead atoms. The molecule has 4 heteroatoms. The third-order valence-corrected chi connectivity index (χ3v) is 5.43. The Labute approximate surface area is 138 Å². The third-order valence-electron chi connectivity index (χ3n) is 4.07. The van der Waals surface area contributed by atoms with Crippen LogP contribution in [0.3, 0.4) is 0 Å². The number of thioether (sulfide) groups is 1. The lowest BCUT2D eigenvalue weighted by Crippen LogP contribution is -2.29. The molecule has 1 aliphatic rings. The van der Waals surface area contributed by atoms with Crippen molar-refractivity contribution < 1.29 is 0 Å². The molecule has 21 heavy (non-hydrogen) atoms. The molecule has 0 fully saturated rings. The molecule has 1 unspecified atom stereocenters. The molecule has 0 amide bonds. The van der Waals surface area contributed by atoms with Gasteiger partial charge < -0.3 is 5.32 Å². The summed E-state index contributed by atoms with van der Waals surface area (Å²) in [6.45, 7) is 4.46. The van der Waals surface area contributed by atoms with Crippen molar-refractivity contribution in [3.05, 3.63) is 40.9 Å². The number of amidine groups is 1. The molecule has 0 saturated heterocycles. The second kappa shape index (κ2) is 6.01. The monoisotopic (exact) mass is 362 g/mol. The first-order valence-corrected chi connectivity index (χ1v) is 9.05. The van der Waals surface area contributed by atoms with Gasteiger partial charge in [-0.25, -0.2) is 0 Å². The highest BCUT2D eigenvalue weighted by molar-refractivity contribution is 9.10. The van der Waals surface area contributed by atoms with Crippen LogP contribution < -0.4 is 5.32 Å². The first-order chi connectivity index (χ1) is 10.1. The summed E-state index contributed by atoms with van der Waals surface area (Å²) in [5, 5.41) is 7.00. The number of hydrogen-bond acceptors (Lipinski definition) is 3. The van der Waals surface area contributed by atoms with Gasteiger partial charge in [0.15, 0.2) is 5.17 Å². The van der Waals surface area contributed by atoms with Crippen LogP contribution in [0, 0.1) is 0 Å². The van der Waals surface area contributed by atoms with Crippen molar-refractivity contribution in [2.24, 2.45) is 4.99 Å². The summed E-state index contributed by atoms with van der Waals surface area (Å²) in [6.07, 6.45) is 2.25. The van der Waals surface area contributed by atoms with Crippen LogP contribution in [-0.2, 0) is 0 Å². The summed E-state index contributed by atoms with van der Waals surface area (Å²) in [7, 11) is 0. The number of benzene rings is 2. The molecule has 2 nitrogen and oxygen atoms in total. The predicted octanol–water partition coefficient (Wildman–Crippen LogP) is 5.68. The Kier molecular flexibility index (Phi) is 4.27. The van der Waals surface area contributed by atoms with E-state index in [9.17, 15) is 0 Å². The van der Waals surface area contributed by atoms with E-state index in [1.807, 2.05) is 11.8 Å². The number of nitrogens with one attached hydrogen (secondary N) is 1. The van der Waals surface area contributed by atoms with Gasteiger partial charge in [0.1, 0.15) is 0 Å². The van der Waals surface area contributed by atoms with E-state index >= 15 is 0 Å². The molecule has 1 heterocycles. The highest BCUT2D eigenvalue weighted by Crippen LogP contribution is 2.30. The Balaban J connectivity index is 1.86. The number of nitrogens with zero attached hydrogens (tertiary/aromatic N) is 1. The maximum Gasteiger partial charge on any atom is 0.161 e. The van der Waals surface area contributed by atoms with Crippen molar-refractivity contribution in [2.45, 2.75) is 32.2 Å². The van der Waals surface area contributed by atoms with Crippen LogP contribution in [0.4, 0.5) is 5.69 Å². The van der Waals surface area contributed by atoms with Crippen LogP contribution >= 0.6 is 27.7 Å². The van der Waals surface area contributed by atoms with Gasteiger partial charge in [0, 0.05) is 15.9 Å². The van der Waals surface area contributed by atoms with E-state index in [2.05, 4.69) is 71.5 Å². The molecular formula is C17H19BrN2S. The average molecular weight is 363 g/mol. The summed E-state index contributed by atoms with van der Waals surface area (Å²) in [6, 6.07) is 12.8. The number of hydrogen-bond donors (Lipinski definition) is 1. The lowest BCUT2D eigenvalue weighted by molar-refractivity contribution is 0.443. The molecule has 1 aliphatic heterocycles. The normalized spacial score (nSPS) is 22.1. The van der Waals surface area contributed by atoms with Crippen molar-refractivity contribution in [1.82, 2.24) is 0 Å². The van der Waals surface area contributed by atoms with E-state index in [1.54, 1.807) is 0 Å². The van der Waals surface area contributed by atoms with Crippen LogP contribution in [0.25, 0.3) is 10.8 Å². The zero-order valence-corrected chi connectivity index (χ0v) is 14.7. The van der Waals surface area contributed by atoms with Gasteiger partial charge in [-0.2, -0.15) is 0 Å². The van der Waals surface area contributed by atoms with Gasteiger partial charge >= 0.3 is 0 Å². The number of anilines is 1. The van der Waals surface area contributed by atoms with Crippen molar-refractivity contribution in [1.29, 1.82) is 0 Å². The molecule has 0 radical (unpaired) electrons. The molecule has 1 N–H and O–H groups in total. The Morgan fingerprint density at radius 3 is 2.81 bits per heavy atom. The zero-order valence-electron chi connectivity index (χ0n) is 12.3. The zero-order chi connectivity index (χ0) is 14.9. The minimum atomic E-state index is 0.0926. The lowest BCUT2D eigenvalue weighted by Gasteiger charge is -2.29. The number of fused-ring (bicyclic) bond motifs is 1. The molecular weight excluding hydrogens is 344 g/mol. The van der Waals surface area contributed by atoms with Gasteiger partial charge in [-0.1, -0.05) is 46.7 Å². The van der Waals surface area contributed by atoms with Crippen molar-refractivity contribution >= 4 is 49.3 Å². The Bertz CT molecular complexity index is 698. The quantitative estimate of drug-likeness (QED) is 0.743. The molecule has 2 aromatic rings. The lowest BCUT2D eigenvalue weighted by atomic mass is 9.97. The van der Waals surface area contributed by atoms with Crippen LogP contribution in [-0.4, -0.2) is 16.5 Å². The molecule has 2 aromatic carbocycles. The minimum absolute atomic E-state index is 0.0926. The second-order valence-electron chi connectivity index (χ2n) is 5.70. The summed E-state index contributed by atoms with van der Waals surface area (Å²) in [4.78, 5) is 4.88. The van der Waals surface area contributed by atoms with E-state index in [0.29, 0.717) is 0 Å². The maximum absolute atomic E-state index is 4.88. The van der Waals surface area contributed by atoms with Crippen molar-refractivity contribution in [2.75, 3.05) is 11.1 Å². The van der Waals surface area contributed by atoms with Crippen molar-refractivity contribution in [3.63, 3.8) is 0 Å². The van der Waals surface area contributed by atoms with Gasteiger partial charge in [0.25, 0.3) is 0 Å². The number of aliphatic imine (C=N–C) groups is 1. The highest BCUT2D eigenvalue weighted by Gasteiger charge is 2.25. The Morgan fingerprint density at radius 2 is 2.00 bits per heavy atom. The van der Waals surface area contributed by atoms with E-state index in [1.165, 1.54) is 10.8 Å². The first-order valence-electron chi connectivity index (χ1n) is 7.27. The molecule has 0 saturated carbocycles. The third kappa shape index (κ3) is 3.43. The molecule has 0 spiro atoms. The van der Waals surface area contributed by atoms with Gasteiger partial charge in [-0.05, 0) is 54.8 Å². The van der Waals surface area contributed by atoms with Gasteiger partial charge in [-0.3, -0.25) is 4.99 Å². The van der Waals surface area contributed by atoms with E-state index < -0.39 is 0 Å². The molecule has 0 aliphatic carbocycles. The molecule has 0 aromatic heterocycles. The fraction of sp³-hybridized carbons (Fsp3) is 0.353. The average Bonchev–Trinajstić information content (AvgIpc) is 2.48. The standard InChI is InChI=1S/C17H19BrN2S/c1-3-17(2)8-9-21-16(20-17)19-15-7-5-12-10-14(18)6-4-13(12)11-15/h4-7,10-11H,3,8-9H2,1-2H3,(H,19,20). The largest absolute Gasteiger partial charge is 0.335 e. The van der Waals surface area contributed by atoms with E-state index in [4.69, 9.17) is 4.99 Å². The molecule has 1 atom stereocenters. The van der Waals surface area contributed by atoms with E-state index in [0.717, 1.165) is 33.9 Å². The molecule has 3 rings (SSSR count). The summed E-state index contributed by atoms with van der Waals surface area (Å²) in [5.74, 6) is 1.14.